The molecule has 0 fully saturated rings. The van der Waals surface area contributed by atoms with E-state index in [1.807, 2.05) is 87.7 Å². The first-order chi connectivity index (χ1) is 12.0. The second kappa shape index (κ2) is 9.04. The van der Waals surface area contributed by atoms with E-state index >= 15 is 0 Å². The van der Waals surface area contributed by atoms with Crippen LogP contribution in [0.15, 0.2) is 54.6 Å². The fourth-order valence-electron chi connectivity index (χ4n) is 2.33. The third-order valence-electron chi connectivity index (χ3n) is 3.89. The monoisotopic (exact) mass is 337 g/mol. The standard InChI is InChI=1S/C21H27N3O/c1-23(2)16-15-22-19-10-8-18(9-11-19)21(25)14-7-17-5-12-20(13-6-17)24(3)4/h5-14,22H,15-16H2,1-4H3/b14-7+. The molecular formula is C21H27N3O. The van der Waals surface area contributed by atoms with Crippen LogP contribution in [0, 0.1) is 0 Å². The first kappa shape index (κ1) is 18.7. The molecule has 0 saturated carbocycles. The van der Waals surface area contributed by atoms with Gasteiger partial charge in [-0.15, -0.1) is 0 Å². The van der Waals surface area contributed by atoms with Crippen LogP contribution in [0.2, 0.25) is 0 Å². The Kier molecular flexibility index (Phi) is 6.78. The number of hydrogen-bond acceptors (Lipinski definition) is 4. The SMILES string of the molecule is CN(C)CCNc1ccc(C(=O)/C=C/c2ccc(N(C)C)cc2)cc1. The second-order valence-electron chi connectivity index (χ2n) is 6.49. The fourth-order valence-corrected chi connectivity index (χ4v) is 2.33. The number of nitrogens with zero attached hydrogens (tertiary/aromatic N) is 2. The zero-order chi connectivity index (χ0) is 18.2. The lowest BCUT2D eigenvalue weighted by molar-refractivity contribution is 0.104. The van der Waals surface area contributed by atoms with E-state index in [2.05, 4.69) is 10.2 Å². The zero-order valence-electron chi connectivity index (χ0n) is 15.5. The van der Waals surface area contributed by atoms with E-state index in [1.54, 1.807) is 6.08 Å². The van der Waals surface area contributed by atoms with Gasteiger partial charge in [0.2, 0.25) is 0 Å². The van der Waals surface area contributed by atoms with Gasteiger partial charge >= 0.3 is 0 Å². The number of rotatable bonds is 8. The summed E-state index contributed by atoms with van der Waals surface area (Å²) in [6, 6.07) is 15.7. The van der Waals surface area contributed by atoms with Crippen LogP contribution >= 0.6 is 0 Å². The van der Waals surface area contributed by atoms with Gasteiger partial charge in [-0.2, -0.15) is 0 Å². The maximum atomic E-state index is 12.3. The normalized spacial score (nSPS) is 11.1. The van der Waals surface area contributed by atoms with Crippen molar-refractivity contribution >= 4 is 23.2 Å². The lowest BCUT2D eigenvalue weighted by atomic mass is 10.1. The van der Waals surface area contributed by atoms with Crippen LogP contribution < -0.4 is 10.2 Å². The first-order valence-corrected chi connectivity index (χ1v) is 8.44. The van der Waals surface area contributed by atoms with Gasteiger partial charge in [0.05, 0.1) is 0 Å². The highest BCUT2D eigenvalue weighted by Crippen LogP contribution is 2.14. The van der Waals surface area contributed by atoms with Crippen LogP contribution in [0.5, 0.6) is 0 Å². The molecule has 0 saturated heterocycles. The topological polar surface area (TPSA) is 35.6 Å². The summed E-state index contributed by atoms with van der Waals surface area (Å²) < 4.78 is 0. The van der Waals surface area contributed by atoms with Crippen LogP contribution in [0.3, 0.4) is 0 Å². The van der Waals surface area contributed by atoms with Crippen LogP contribution in [0.25, 0.3) is 6.08 Å². The summed E-state index contributed by atoms with van der Waals surface area (Å²) in [7, 11) is 8.11. The first-order valence-electron chi connectivity index (χ1n) is 8.44. The van der Waals surface area contributed by atoms with E-state index in [4.69, 9.17) is 0 Å². The average molecular weight is 337 g/mol. The molecule has 2 aromatic rings. The van der Waals surface area contributed by atoms with E-state index in [-0.39, 0.29) is 5.78 Å². The van der Waals surface area contributed by atoms with Crippen molar-refractivity contribution in [2.75, 3.05) is 51.5 Å². The Balaban J connectivity index is 1.93. The summed E-state index contributed by atoms with van der Waals surface area (Å²) >= 11 is 0. The van der Waals surface area contributed by atoms with Crippen molar-refractivity contribution in [1.29, 1.82) is 0 Å². The lowest BCUT2D eigenvalue weighted by Gasteiger charge is -2.11. The van der Waals surface area contributed by atoms with Gasteiger partial charge in [0, 0.05) is 44.1 Å². The molecule has 0 atom stereocenters. The molecule has 4 nitrogen and oxygen atoms in total. The number of nitrogens with one attached hydrogen (secondary N) is 1. The molecule has 0 aliphatic heterocycles. The van der Waals surface area contributed by atoms with E-state index in [0.29, 0.717) is 5.56 Å². The highest BCUT2D eigenvalue weighted by molar-refractivity contribution is 6.06. The zero-order valence-corrected chi connectivity index (χ0v) is 15.5. The maximum Gasteiger partial charge on any atom is 0.185 e. The van der Waals surface area contributed by atoms with E-state index in [9.17, 15) is 4.79 Å². The summed E-state index contributed by atoms with van der Waals surface area (Å²) in [6.07, 6.45) is 3.48. The van der Waals surface area contributed by atoms with E-state index in [1.165, 1.54) is 0 Å². The number of ketones is 1. The van der Waals surface area contributed by atoms with Crippen molar-refractivity contribution in [2.24, 2.45) is 0 Å². The number of carbonyl (C=O) groups is 1. The van der Waals surface area contributed by atoms with E-state index in [0.717, 1.165) is 30.0 Å². The molecule has 0 aromatic heterocycles. The molecule has 0 bridgehead atoms. The molecule has 0 heterocycles. The summed E-state index contributed by atoms with van der Waals surface area (Å²) in [4.78, 5) is 16.5. The Morgan fingerprint density at radius 3 is 2.16 bits per heavy atom. The van der Waals surface area contributed by atoms with Gasteiger partial charge in [-0.1, -0.05) is 18.2 Å². The number of likely N-dealkylation sites (N-methyl/N-ethyl adjacent to an activating group) is 1. The van der Waals surface area contributed by atoms with Gasteiger partial charge in [0.15, 0.2) is 5.78 Å². The molecule has 1 N–H and O–H groups in total. The average Bonchev–Trinajstić information content (AvgIpc) is 2.60. The minimum atomic E-state index is 0.0107. The van der Waals surface area contributed by atoms with Crippen LogP contribution in [0.4, 0.5) is 11.4 Å². The van der Waals surface area contributed by atoms with Gasteiger partial charge < -0.3 is 15.1 Å². The van der Waals surface area contributed by atoms with Crippen molar-refractivity contribution < 1.29 is 4.79 Å². The summed E-state index contributed by atoms with van der Waals surface area (Å²) in [5.41, 5.74) is 3.88. The molecule has 25 heavy (non-hydrogen) atoms. The highest BCUT2D eigenvalue weighted by Gasteiger charge is 2.02. The number of allylic oxidation sites excluding steroid dienone is 1. The third-order valence-corrected chi connectivity index (χ3v) is 3.89. The number of hydrogen-bond donors (Lipinski definition) is 1. The summed E-state index contributed by atoms with van der Waals surface area (Å²) in [5.74, 6) is 0.0107. The highest BCUT2D eigenvalue weighted by atomic mass is 16.1. The van der Waals surface area contributed by atoms with Crippen molar-refractivity contribution in [1.82, 2.24) is 4.90 Å². The molecule has 0 spiro atoms. The molecule has 2 aromatic carbocycles. The molecule has 0 amide bonds. The third kappa shape index (κ3) is 6.08. The Morgan fingerprint density at radius 2 is 1.60 bits per heavy atom. The molecule has 2 rings (SSSR count). The quantitative estimate of drug-likeness (QED) is 0.589. The van der Waals surface area contributed by atoms with Gasteiger partial charge in [0.1, 0.15) is 0 Å². The smallest absolute Gasteiger partial charge is 0.185 e. The van der Waals surface area contributed by atoms with Gasteiger partial charge in [-0.05, 0) is 62.1 Å². The minimum absolute atomic E-state index is 0.0107. The number of benzene rings is 2. The molecule has 0 aliphatic carbocycles. The number of carbonyl (C=O) groups excluding carboxylic acids is 1. The van der Waals surface area contributed by atoms with Gasteiger partial charge in [0.25, 0.3) is 0 Å². The largest absolute Gasteiger partial charge is 0.384 e. The summed E-state index contributed by atoms with van der Waals surface area (Å²) in [6.45, 7) is 1.85. The molecule has 0 unspecified atom stereocenters. The maximum absolute atomic E-state index is 12.3. The molecule has 4 heteroatoms. The lowest BCUT2D eigenvalue weighted by Crippen LogP contribution is -2.20. The number of anilines is 2. The Bertz CT molecular complexity index is 701. The fraction of sp³-hybridized carbons (Fsp3) is 0.286. The molecule has 0 aliphatic rings. The Morgan fingerprint density at radius 1 is 0.960 bits per heavy atom. The molecular weight excluding hydrogens is 310 g/mol. The van der Waals surface area contributed by atoms with Crippen molar-refractivity contribution in [3.05, 3.63) is 65.7 Å². The molecule has 132 valence electrons. The second-order valence-corrected chi connectivity index (χ2v) is 6.49. The van der Waals surface area contributed by atoms with Crippen molar-refractivity contribution in [3.8, 4) is 0 Å². The van der Waals surface area contributed by atoms with E-state index < -0.39 is 0 Å². The van der Waals surface area contributed by atoms with Gasteiger partial charge in [-0.3, -0.25) is 4.79 Å². The predicted octanol–water partition coefficient (Wildman–Crippen LogP) is 3.62. The van der Waals surface area contributed by atoms with Crippen molar-refractivity contribution in [3.63, 3.8) is 0 Å². The van der Waals surface area contributed by atoms with Crippen LogP contribution in [0.1, 0.15) is 15.9 Å². The van der Waals surface area contributed by atoms with Crippen LogP contribution in [-0.2, 0) is 0 Å². The van der Waals surface area contributed by atoms with Gasteiger partial charge in [-0.25, -0.2) is 0 Å². The summed E-state index contributed by atoms with van der Waals surface area (Å²) in [5, 5.41) is 3.34. The Hall–Kier alpha value is -2.59. The predicted molar refractivity (Wildman–Crippen MR) is 108 cm³/mol. The minimum Gasteiger partial charge on any atom is -0.384 e. The Labute approximate surface area is 150 Å². The van der Waals surface area contributed by atoms with Crippen molar-refractivity contribution in [2.45, 2.75) is 0 Å². The molecule has 0 radical (unpaired) electrons. The van der Waals surface area contributed by atoms with Crippen LogP contribution in [-0.4, -0.2) is 52.0 Å².